The molecular weight excluding hydrogens is 370 g/mol. The van der Waals surface area contributed by atoms with Crippen LogP contribution in [0.25, 0.3) is 0 Å². The zero-order valence-corrected chi connectivity index (χ0v) is 16.8. The Balaban J connectivity index is 1.72. The zero-order valence-electron chi connectivity index (χ0n) is 16.8. The molecule has 7 heteroatoms. The molecule has 7 nitrogen and oxygen atoms in total. The summed E-state index contributed by atoms with van der Waals surface area (Å²) < 4.78 is 10.7. The van der Waals surface area contributed by atoms with Crippen molar-refractivity contribution in [3.05, 3.63) is 54.1 Å². The van der Waals surface area contributed by atoms with Crippen LogP contribution in [0, 0.1) is 0 Å². The molecule has 0 atom stereocenters. The van der Waals surface area contributed by atoms with Crippen molar-refractivity contribution in [2.45, 2.75) is 32.6 Å². The van der Waals surface area contributed by atoms with Gasteiger partial charge >= 0.3 is 0 Å². The average molecular weight is 397 g/mol. The van der Waals surface area contributed by atoms with Crippen LogP contribution in [0.2, 0.25) is 0 Å². The van der Waals surface area contributed by atoms with E-state index >= 15 is 0 Å². The van der Waals surface area contributed by atoms with Crippen molar-refractivity contribution in [3.63, 3.8) is 0 Å². The van der Waals surface area contributed by atoms with Gasteiger partial charge in [-0.25, -0.2) is 5.43 Å². The molecule has 2 rings (SSSR count). The number of methoxy groups -OCH3 is 1. The molecule has 0 aromatic heterocycles. The number of benzene rings is 2. The van der Waals surface area contributed by atoms with Gasteiger partial charge in [0.15, 0.2) is 0 Å². The van der Waals surface area contributed by atoms with Gasteiger partial charge in [0.05, 0.1) is 19.9 Å². The molecule has 0 unspecified atom stereocenters. The van der Waals surface area contributed by atoms with E-state index in [0.29, 0.717) is 18.0 Å². The number of nitrogens with zero attached hydrogens (tertiary/aromatic N) is 1. The first-order valence-corrected chi connectivity index (χ1v) is 9.59. The first-order valence-electron chi connectivity index (χ1n) is 9.59. The highest BCUT2D eigenvalue weighted by Gasteiger charge is 2.07. The summed E-state index contributed by atoms with van der Waals surface area (Å²) in [5, 5.41) is 6.67. The average Bonchev–Trinajstić information content (AvgIpc) is 2.73. The molecular formula is C22H27N3O4. The zero-order chi connectivity index (χ0) is 20.9. The summed E-state index contributed by atoms with van der Waals surface area (Å²) in [5.41, 5.74) is 3.90. The molecule has 2 aromatic carbocycles. The van der Waals surface area contributed by atoms with Crippen LogP contribution in [0.15, 0.2) is 53.6 Å². The SMILES string of the molecule is CCCCOc1cccc(C=NNC(=O)CCC(=O)Nc2ccc(OC)cc2)c1. The lowest BCUT2D eigenvalue weighted by atomic mass is 10.2. The van der Waals surface area contributed by atoms with Gasteiger partial charge in [-0.2, -0.15) is 5.10 Å². The Bertz CT molecular complexity index is 819. The lowest BCUT2D eigenvalue weighted by molar-refractivity contribution is -0.124. The molecule has 0 saturated carbocycles. The molecule has 0 aliphatic carbocycles. The van der Waals surface area contributed by atoms with E-state index < -0.39 is 0 Å². The number of amides is 2. The van der Waals surface area contributed by atoms with Crippen molar-refractivity contribution in [3.8, 4) is 11.5 Å². The number of unbranched alkanes of at least 4 members (excludes halogenated alkanes) is 1. The number of hydrazone groups is 1. The quantitative estimate of drug-likeness (QED) is 0.343. The van der Waals surface area contributed by atoms with Crippen LogP contribution >= 0.6 is 0 Å². The fourth-order valence-electron chi connectivity index (χ4n) is 2.38. The van der Waals surface area contributed by atoms with E-state index in [1.54, 1.807) is 37.6 Å². The first kappa shape index (κ1) is 21.9. The molecule has 2 N–H and O–H groups in total. The molecule has 2 aromatic rings. The molecule has 29 heavy (non-hydrogen) atoms. The van der Waals surface area contributed by atoms with Gasteiger partial charge in [0.1, 0.15) is 11.5 Å². The number of anilines is 1. The Hall–Kier alpha value is -3.35. The topological polar surface area (TPSA) is 89.0 Å². The van der Waals surface area contributed by atoms with Crippen molar-refractivity contribution in [2.24, 2.45) is 5.10 Å². The number of ether oxygens (including phenoxy) is 2. The summed E-state index contributed by atoms with van der Waals surface area (Å²) in [6.45, 7) is 2.78. The maximum absolute atomic E-state index is 11.9. The van der Waals surface area contributed by atoms with Gasteiger partial charge in [-0.1, -0.05) is 25.5 Å². The summed E-state index contributed by atoms with van der Waals surface area (Å²) in [6.07, 6.45) is 3.72. The molecule has 154 valence electrons. The molecule has 0 aliphatic heterocycles. The minimum absolute atomic E-state index is 0.0412. The normalized spacial score (nSPS) is 10.6. The van der Waals surface area contributed by atoms with E-state index in [-0.39, 0.29) is 24.7 Å². The molecule has 0 aliphatic rings. The molecule has 2 amide bonds. The largest absolute Gasteiger partial charge is 0.497 e. The molecule has 0 saturated heterocycles. The monoisotopic (exact) mass is 397 g/mol. The second-order valence-electron chi connectivity index (χ2n) is 6.34. The van der Waals surface area contributed by atoms with E-state index in [0.717, 1.165) is 24.2 Å². The van der Waals surface area contributed by atoms with Crippen LogP contribution in [0.5, 0.6) is 11.5 Å². The van der Waals surface area contributed by atoms with E-state index in [2.05, 4.69) is 22.8 Å². The van der Waals surface area contributed by atoms with Gasteiger partial charge in [0, 0.05) is 18.5 Å². The number of hydrogen-bond acceptors (Lipinski definition) is 5. The smallest absolute Gasteiger partial charge is 0.240 e. The Labute approximate surface area is 171 Å². The fourth-order valence-corrected chi connectivity index (χ4v) is 2.38. The van der Waals surface area contributed by atoms with Gasteiger partial charge in [-0.3, -0.25) is 9.59 Å². The Morgan fingerprint density at radius 2 is 1.79 bits per heavy atom. The van der Waals surface area contributed by atoms with Crippen LogP contribution in [-0.2, 0) is 9.59 Å². The maximum atomic E-state index is 11.9. The fraction of sp³-hybridized carbons (Fsp3) is 0.318. The minimum Gasteiger partial charge on any atom is -0.497 e. The van der Waals surface area contributed by atoms with Crippen LogP contribution in [0.1, 0.15) is 38.2 Å². The Kier molecular flexibility index (Phi) is 9.21. The second kappa shape index (κ2) is 12.2. The van der Waals surface area contributed by atoms with Gasteiger partial charge in [-0.15, -0.1) is 0 Å². The number of nitrogens with one attached hydrogen (secondary N) is 2. The van der Waals surface area contributed by atoms with E-state index in [9.17, 15) is 9.59 Å². The molecule has 0 bridgehead atoms. The number of carbonyl (C=O) groups is 2. The summed E-state index contributed by atoms with van der Waals surface area (Å²) in [5.74, 6) is 0.898. The van der Waals surface area contributed by atoms with Crippen molar-refractivity contribution in [1.29, 1.82) is 0 Å². The summed E-state index contributed by atoms with van der Waals surface area (Å²) >= 11 is 0. The minimum atomic E-state index is -0.332. The van der Waals surface area contributed by atoms with Gasteiger partial charge < -0.3 is 14.8 Å². The van der Waals surface area contributed by atoms with Crippen LogP contribution in [-0.4, -0.2) is 31.7 Å². The third-order valence-electron chi connectivity index (χ3n) is 3.98. The van der Waals surface area contributed by atoms with Crippen molar-refractivity contribution in [2.75, 3.05) is 19.0 Å². The molecule has 0 radical (unpaired) electrons. The first-order chi connectivity index (χ1) is 14.1. The van der Waals surface area contributed by atoms with Gasteiger partial charge in [-0.05, 0) is 48.4 Å². The standard InChI is InChI=1S/C22H27N3O4/c1-3-4-14-29-20-7-5-6-17(15-20)16-23-25-22(27)13-12-21(26)24-18-8-10-19(28-2)11-9-18/h5-11,15-16H,3-4,12-14H2,1-2H3,(H,24,26)(H,25,27). The Morgan fingerprint density at radius 3 is 2.52 bits per heavy atom. The van der Waals surface area contributed by atoms with E-state index in [4.69, 9.17) is 9.47 Å². The highest BCUT2D eigenvalue weighted by molar-refractivity contribution is 5.93. The van der Waals surface area contributed by atoms with Crippen molar-refractivity contribution < 1.29 is 19.1 Å². The number of hydrogen-bond donors (Lipinski definition) is 2. The van der Waals surface area contributed by atoms with E-state index in [1.165, 1.54) is 0 Å². The third kappa shape index (κ3) is 8.47. The van der Waals surface area contributed by atoms with Crippen molar-refractivity contribution >= 4 is 23.7 Å². The third-order valence-corrected chi connectivity index (χ3v) is 3.98. The summed E-state index contributed by atoms with van der Waals surface area (Å²) in [7, 11) is 1.58. The van der Waals surface area contributed by atoms with Gasteiger partial charge in [0.2, 0.25) is 11.8 Å². The lowest BCUT2D eigenvalue weighted by Gasteiger charge is -2.06. The highest BCUT2D eigenvalue weighted by Crippen LogP contribution is 2.15. The van der Waals surface area contributed by atoms with Crippen LogP contribution < -0.4 is 20.2 Å². The predicted octanol–water partition coefficient (Wildman–Crippen LogP) is 3.74. The van der Waals surface area contributed by atoms with Crippen LogP contribution in [0.3, 0.4) is 0 Å². The van der Waals surface area contributed by atoms with Gasteiger partial charge in [0.25, 0.3) is 0 Å². The lowest BCUT2D eigenvalue weighted by Crippen LogP contribution is -2.20. The number of carbonyl (C=O) groups excluding carboxylic acids is 2. The van der Waals surface area contributed by atoms with Crippen molar-refractivity contribution in [1.82, 2.24) is 5.43 Å². The maximum Gasteiger partial charge on any atom is 0.240 e. The Morgan fingerprint density at radius 1 is 1.03 bits per heavy atom. The summed E-state index contributed by atoms with van der Waals surface area (Å²) in [4.78, 5) is 23.8. The van der Waals surface area contributed by atoms with Crippen LogP contribution in [0.4, 0.5) is 5.69 Å². The van der Waals surface area contributed by atoms with E-state index in [1.807, 2.05) is 24.3 Å². The number of rotatable bonds is 11. The molecule has 0 fully saturated rings. The summed E-state index contributed by atoms with van der Waals surface area (Å²) in [6, 6.07) is 14.4. The predicted molar refractivity (Wildman–Crippen MR) is 113 cm³/mol. The highest BCUT2D eigenvalue weighted by atomic mass is 16.5. The molecule has 0 spiro atoms. The molecule has 0 heterocycles. The second-order valence-corrected chi connectivity index (χ2v) is 6.34.